The molecule has 0 radical (unpaired) electrons. The smallest absolute Gasteiger partial charge is 0.262 e. The number of rotatable bonds is 4. The first kappa shape index (κ1) is 14.5. The maximum absolute atomic E-state index is 11.7. The van der Waals surface area contributed by atoms with Crippen LogP contribution in [0.25, 0.3) is 0 Å². The molecule has 0 fully saturated rings. The van der Waals surface area contributed by atoms with Crippen LogP contribution in [0.3, 0.4) is 0 Å². The Kier molecular flexibility index (Phi) is 4.71. The van der Waals surface area contributed by atoms with Gasteiger partial charge in [-0.1, -0.05) is 29.3 Å². The number of halogens is 2. The molecule has 0 saturated heterocycles. The third kappa shape index (κ3) is 3.79. The Morgan fingerprint density at radius 3 is 2.50 bits per heavy atom. The van der Waals surface area contributed by atoms with Gasteiger partial charge in [-0.05, 0) is 36.4 Å². The van der Waals surface area contributed by atoms with Gasteiger partial charge in [-0.2, -0.15) is 0 Å². The Balaban J connectivity index is 1.94. The number of hydrogen-bond donors (Lipinski definition) is 2. The summed E-state index contributed by atoms with van der Waals surface area (Å²) in [6, 6.07) is 11.8. The van der Waals surface area contributed by atoms with Crippen molar-refractivity contribution in [3.8, 4) is 5.75 Å². The molecular formula is C14H12Cl2N2O2. The number of carbonyl (C=O) groups is 1. The normalized spacial score (nSPS) is 10.1. The lowest BCUT2D eigenvalue weighted by Crippen LogP contribution is -2.20. The van der Waals surface area contributed by atoms with Crippen LogP contribution in [0.15, 0.2) is 42.5 Å². The molecule has 0 atom stereocenters. The lowest BCUT2D eigenvalue weighted by Gasteiger charge is -2.10. The average molecular weight is 311 g/mol. The van der Waals surface area contributed by atoms with E-state index in [-0.39, 0.29) is 12.5 Å². The summed E-state index contributed by atoms with van der Waals surface area (Å²) in [4.78, 5) is 11.7. The highest BCUT2D eigenvalue weighted by Gasteiger charge is 2.09. The molecule has 2 rings (SSSR count). The van der Waals surface area contributed by atoms with E-state index in [9.17, 15) is 4.79 Å². The summed E-state index contributed by atoms with van der Waals surface area (Å²) >= 11 is 11.7. The minimum atomic E-state index is -0.313. The van der Waals surface area contributed by atoms with Crippen LogP contribution in [-0.2, 0) is 4.79 Å². The zero-order valence-electron chi connectivity index (χ0n) is 10.4. The first-order chi connectivity index (χ1) is 9.56. The van der Waals surface area contributed by atoms with Gasteiger partial charge in [0, 0.05) is 10.7 Å². The molecule has 0 bridgehead atoms. The highest BCUT2D eigenvalue weighted by Crippen LogP contribution is 2.30. The molecule has 104 valence electrons. The Bertz CT molecular complexity index is 595. The molecule has 2 aromatic rings. The molecule has 0 aliphatic carbocycles. The van der Waals surface area contributed by atoms with E-state index in [1.807, 2.05) is 0 Å². The van der Waals surface area contributed by atoms with Gasteiger partial charge in [-0.3, -0.25) is 4.79 Å². The lowest BCUT2D eigenvalue weighted by atomic mass is 10.3. The van der Waals surface area contributed by atoms with Crippen molar-refractivity contribution in [2.45, 2.75) is 0 Å². The molecule has 0 aliphatic rings. The van der Waals surface area contributed by atoms with Crippen LogP contribution in [0.1, 0.15) is 0 Å². The van der Waals surface area contributed by atoms with Gasteiger partial charge in [-0.15, -0.1) is 0 Å². The molecule has 20 heavy (non-hydrogen) atoms. The Hall–Kier alpha value is -1.91. The van der Waals surface area contributed by atoms with Crippen molar-refractivity contribution in [3.63, 3.8) is 0 Å². The summed E-state index contributed by atoms with van der Waals surface area (Å²) in [6.07, 6.45) is 0. The molecule has 0 saturated carbocycles. The molecule has 6 heteroatoms. The van der Waals surface area contributed by atoms with Crippen LogP contribution in [0.5, 0.6) is 5.75 Å². The van der Waals surface area contributed by atoms with Gasteiger partial charge in [0.25, 0.3) is 5.91 Å². The van der Waals surface area contributed by atoms with E-state index in [0.717, 1.165) is 0 Å². The van der Waals surface area contributed by atoms with E-state index in [0.29, 0.717) is 27.2 Å². The summed E-state index contributed by atoms with van der Waals surface area (Å²) in [7, 11) is 0. The summed E-state index contributed by atoms with van der Waals surface area (Å²) in [5.41, 5.74) is 6.74. The Labute approximate surface area is 126 Å². The predicted octanol–water partition coefficient (Wildman–Crippen LogP) is 3.59. The minimum Gasteiger partial charge on any atom is -0.480 e. The summed E-state index contributed by atoms with van der Waals surface area (Å²) in [6.45, 7) is -0.184. The summed E-state index contributed by atoms with van der Waals surface area (Å²) in [5.74, 6) is -0.00735. The molecule has 1 amide bonds. The van der Waals surface area contributed by atoms with Crippen LogP contribution in [0.2, 0.25) is 10.0 Å². The van der Waals surface area contributed by atoms with Crippen LogP contribution < -0.4 is 15.8 Å². The second kappa shape index (κ2) is 6.50. The summed E-state index contributed by atoms with van der Waals surface area (Å²) in [5, 5.41) is 3.64. The number of amides is 1. The predicted molar refractivity (Wildman–Crippen MR) is 81.4 cm³/mol. The van der Waals surface area contributed by atoms with E-state index in [1.165, 1.54) is 0 Å². The highest BCUT2D eigenvalue weighted by atomic mass is 35.5. The fourth-order valence-corrected chi connectivity index (χ4v) is 1.91. The number of nitrogens with one attached hydrogen (secondary N) is 1. The number of anilines is 2. The van der Waals surface area contributed by atoms with Crippen molar-refractivity contribution in [1.29, 1.82) is 0 Å². The van der Waals surface area contributed by atoms with Gasteiger partial charge in [0.2, 0.25) is 0 Å². The Morgan fingerprint density at radius 1 is 1.15 bits per heavy atom. The van der Waals surface area contributed by atoms with E-state index in [4.69, 9.17) is 33.7 Å². The van der Waals surface area contributed by atoms with Crippen molar-refractivity contribution in [1.82, 2.24) is 0 Å². The molecule has 0 spiro atoms. The summed E-state index contributed by atoms with van der Waals surface area (Å²) < 4.78 is 5.33. The highest BCUT2D eigenvalue weighted by molar-refractivity contribution is 6.32. The van der Waals surface area contributed by atoms with E-state index < -0.39 is 0 Å². The fraction of sp³-hybridized carbons (Fsp3) is 0.0714. The van der Waals surface area contributed by atoms with Crippen LogP contribution >= 0.6 is 23.2 Å². The number of para-hydroxylation sites is 1. The molecule has 4 nitrogen and oxygen atoms in total. The number of hydrogen-bond acceptors (Lipinski definition) is 3. The molecular weight excluding hydrogens is 299 g/mol. The zero-order valence-corrected chi connectivity index (χ0v) is 11.9. The molecule has 0 heterocycles. The molecule has 2 aromatic carbocycles. The topological polar surface area (TPSA) is 64.3 Å². The van der Waals surface area contributed by atoms with Crippen molar-refractivity contribution in [3.05, 3.63) is 52.5 Å². The van der Waals surface area contributed by atoms with E-state index in [1.54, 1.807) is 42.5 Å². The number of nitrogens with two attached hydrogens (primary N) is 1. The number of ether oxygens (including phenoxy) is 1. The fourth-order valence-electron chi connectivity index (χ4n) is 1.55. The first-order valence-corrected chi connectivity index (χ1v) is 6.54. The van der Waals surface area contributed by atoms with Crippen LogP contribution in [0, 0.1) is 0 Å². The third-order valence-corrected chi connectivity index (χ3v) is 3.02. The second-order valence-electron chi connectivity index (χ2n) is 4.00. The van der Waals surface area contributed by atoms with E-state index >= 15 is 0 Å². The molecule has 0 aromatic heterocycles. The van der Waals surface area contributed by atoms with Crippen molar-refractivity contribution in [2.24, 2.45) is 0 Å². The largest absolute Gasteiger partial charge is 0.480 e. The van der Waals surface area contributed by atoms with Crippen molar-refractivity contribution >= 4 is 40.5 Å². The maximum Gasteiger partial charge on any atom is 0.262 e. The van der Waals surface area contributed by atoms with Gasteiger partial charge in [-0.25, -0.2) is 0 Å². The molecule has 0 unspecified atom stereocenters. The van der Waals surface area contributed by atoms with Crippen LogP contribution in [0.4, 0.5) is 11.4 Å². The SMILES string of the molecule is Nc1cccc(Cl)c1OCC(=O)Nc1ccc(Cl)cc1. The average Bonchev–Trinajstić information content (AvgIpc) is 2.41. The molecule has 3 N–H and O–H groups in total. The van der Waals surface area contributed by atoms with Crippen molar-refractivity contribution in [2.75, 3.05) is 17.7 Å². The standard InChI is InChI=1S/C14H12Cl2N2O2/c15-9-4-6-10(7-5-9)18-13(19)8-20-14-11(16)2-1-3-12(14)17/h1-7H,8,17H2,(H,18,19). The second-order valence-corrected chi connectivity index (χ2v) is 4.85. The quantitative estimate of drug-likeness (QED) is 0.848. The van der Waals surface area contributed by atoms with Gasteiger partial charge >= 0.3 is 0 Å². The maximum atomic E-state index is 11.7. The Morgan fingerprint density at radius 2 is 1.85 bits per heavy atom. The van der Waals surface area contributed by atoms with Crippen molar-refractivity contribution < 1.29 is 9.53 Å². The number of nitrogen functional groups attached to an aromatic ring is 1. The monoisotopic (exact) mass is 310 g/mol. The van der Waals surface area contributed by atoms with Crippen LogP contribution in [-0.4, -0.2) is 12.5 Å². The first-order valence-electron chi connectivity index (χ1n) is 5.78. The number of carbonyl (C=O) groups excluding carboxylic acids is 1. The lowest BCUT2D eigenvalue weighted by molar-refractivity contribution is -0.118. The van der Waals surface area contributed by atoms with Gasteiger partial charge in [0.05, 0.1) is 10.7 Å². The third-order valence-electron chi connectivity index (χ3n) is 2.47. The van der Waals surface area contributed by atoms with Gasteiger partial charge in [0.1, 0.15) is 0 Å². The zero-order chi connectivity index (χ0) is 14.5. The minimum absolute atomic E-state index is 0.184. The number of benzene rings is 2. The molecule has 0 aliphatic heterocycles. The van der Waals surface area contributed by atoms with Gasteiger partial charge < -0.3 is 15.8 Å². The van der Waals surface area contributed by atoms with Gasteiger partial charge in [0.15, 0.2) is 12.4 Å². The van der Waals surface area contributed by atoms with E-state index in [2.05, 4.69) is 5.32 Å².